The van der Waals surface area contributed by atoms with E-state index < -0.39 is 0 Å². The molecule has 0 atom stereocenters. The summed E-state index contributed by atoms with van der Waals surface area (Å²) in [6, 6.07) is 0. The van der Waals surface area contributed by atoms with E-state index in [1.807, 2.05) is 4.90 Å². The first kappa shape index (κ1) is 17.2. The van der Waals surface area contributed by atoms with Crippen molar-refractivity contribution in [1.82, 2.24) is 9.80 Å². The average Bonchev–Trinajstić information content (AvgIpc) is 3.36. The molecule has 1 saturated carbocycles. The van der Waals surface area contributed by atoms with Gasteiger partial charge in [-0.05, 0) is 26.2 Å². The van der Waals surface area contributed by atoms with Gasteiger partial charge in [0, 0.05) is 38.6 Å². The van der Waals surface area contributed by atoms with Gasteiger partial charge in [-0.1, -0.05) is 0 Å². The van der Waals surface area contributed by atoms with Crippen molar-refractivity contribution in [2.45, 2.75) is 32.6 Å². The summed E-state index contributed by atoms with van der Waals surface area (Å²) in [7, 11) is 0. The maximum Gasteiger partial charge on any atom is 0.307 e. The molecule has 22 heavy (non-hydrogen) atoms. The van der Waals surface area contributed by atoms with Gasteiger partial charge in [-0.2, -0.15) is 0 Å². The van der Waals surface area contributed by atoms with E-state index in [0.717, 1.165) is 58.7 Å². The molecular formula is C16H28N2O4. The lowest BCUT2D eigenvalue weighted by atomic mass is 10.2. The number of carbonyl (C=O) groups is 2. The number of hydrogen-bond donors (Lipinski definition) is 0. The van der Waals surface area contributed by atoms with Crippen LogP contribution in [-0.2, 0) is 19.1 Å². The summed E-state index contributed by atoms with van der Waals surface area (Å²) in [5.41, 5.74) is 0. The molecule has 6 heteroatoms. The van der Waals surface area contributed by atoms with E-state index in [1.54, 1.807) is 6.92 Å². The Hall–Kier alpha value is -1.14. The summed E-state index contributed by atoms with van der Waals surface area (Å²) in [5.74, 6) is 0.195. The molecule has 2 rings (SSSR count). The molecule has 126 valence electrons. The van der Waals surface area contributed by atoms with Crippen LogP contribution in [0.2, 0.25) is 0 Å². The molecule has 0 aromatic carbocycles. The van der Waals surface area contributed by atoms with Crippen molar-refractivity contribution in [1.29, 1.82) is 0 Å². The quantitative estimate of drug-likeness (QED) is 0.592. The van der Waals surface area contributed by atoms with Crippen LogP contribution in [0.5, 0.6) is 0 Å². The van der Waals surface area contributed by atoms with Crippen LogP contribution in [0.15, 0.2) is 0 Å². The standard InChI is InChI=1S/C16H28N2O4/c1-2-22-15(19)6-9-18(16(20)14-4-5-14)8-3-7-17-10-12-21-13-11-17/h14H,2-13H2,1H3. The number of esters is 1. The number of rotatable bonds is 9. The molecular weight excluding hydrogens is 284 g/mol. The summed E-state index contributed by atoms with van der Waals surface area (Å²) >= 11 is 0. The molecule has 0 aromatic rings. The third kappa shape index (κ3) is 5.93. The first-order valence-electron chi connectivity index (χ1n) is 8.45. The second-order valence-corrected chi connectivity index (χ2v) is 5.96. The Bertz CT molecular complexity index is 365. The largest absolute Gasteiger partial charge is 0.466 e. The molecule has 1 aliphatic heterocycles. The highest BCUT2D eigenvalue weighted by Gasteiger charge is 2.33. The lowest BCUT2D eigenvalue weighted by Gasteiger charge is -2.28. The van der Waals surface area contributed by atoms with Gasteiger partial charge in [0.2, 0.25) is 5.91 Å². The van der Waals surface area contributed by atoms with Crippen molar-refractivity contribution in [2.24, 2.45) is 5.92 Å². The SMILES string of the molecule is CCOC(=O)CCN(CCCN1CCOCC1)C(=O)C1CC1. The summed E-state index contributed by atoms with van der Waals surface area (Å²) in [6.07, 6.45) is 3.24. The summed E-state index contributed by atoms with van der Waals surface area (Å²) in [4.78, 5) is 28.0. The zero-order valence-corrected chi connectivity index (χ0v) is 13.6. The van der Waals surface area contributed by atoms with Crippen molar-refractivity contribution in [3.05, 3.63) is 0 Å². The number of ether oxygens (including phenoxy) is 2. The van der Waals surface area contributed by atoms with Crippen molar-refractivity contribution in [3.63, 3.8) is 0 Å². The second-order valence-electron chi connectivity index (χ2n) is 5.96. The smallest absolute Gasteiger partial charge is 0.307 e. The van der Waals surface area contributed by atoms with Gasteiger partial charge in [-0.3, -0.25) is 14.5 Å². The summed E-state index contributed by atoms with van der Waals surface area (Å²) < 4.78 is 10.3. The minimum absolute atomic E-state index is 0.200. The van der Waals surface area contributed by atoms with E-state index >= 15 is 0 Å². The van der Waals surface area contributed by atoms with E-state index in [0.29, 0.717) is 19.6 Å². The van der Waals surface area contributed by atoms with Gasteiger partial charge >= 0.3 is 5.97 Å². The molecule has 2 aliphatic rings. The Morgan fingerprint density at radius 3 is 2.59 bits per heavy atom. The maximum atomic E-state index is 12.3. The predicted octanol–water partition coefficient (Wildman–Crippen LogP) is 0.901. The normalized spacial score (nSPS) is 19.0. The molecule has 2 fully saturated rings. The molecule has 6 nitrogen and oxygen atoms in total. The minimum atomic E-state index is -0.218. The van der Waals surface area contributed by atoms with Crippen LogP contribution in [0.3, 0.4) is 0 Å². The number of amides is 1. The van der Waals surface area contributed by atoms with Crippen LogP contribution in [0.1, 0.15) is 32.6 Å². The molecule has 0 radical (unpaired) electrons. The van der Waals surface area contributed by atoms with Crippen molar-refractivity contribution < 1.29 is 19.1 Å². The molecule has 0 aromatic heterocycles. The van der Waals surface area contributed by atoms with Crippen LogP contribution in [0.4, 0.5) is 0 Å². The third-order valence-corrected chi connectivity index (χ3v) is 4.14. The monoisotopic (exact) mass is 312 g/mol. The fraction of sp³-hybridized carbons (Fsp3) is 0.875. The lowest BCUT2D eigenvalue weighted by Crippen LogP contribution is -2.40. The molecule has 1 aliphatic carbocycles. The highest BCUT2D eigenvalue weighted by atomic mass is 16.5. The molecule has 0 N–H and O–H groups in total. The van der Waals surface area contributed by atoms with Gasteiger partial charge in [0.1, 0.15) is 0 Å². The van der Waals surface area contributed by atoms with Crippen molar-refractivity contribution >= 4 is 11.9 Å². The van der Waals surface area contributed by atoms with Gasteiger partial charge < -0.3 is 14.4 Å². The van der Waals surface area contributed by atoms with E-state index in [4.69, 9.17) is 9.47 Å². The highest BCUT2D eigenvalue weighted by molar-refractivity contribution is 5.81. The Balaban J connectivity index is 1.71. The van der Waals surface area contributed by atoms with Crippen molar-refractivity contribution in [2.75, 3.05) is 52.5 Å². The molecule has 1 heterocycles. The topological polar surface area (TPSA) is 59.1 Å². The van der Waals surface area contributed by atoms with E-state index in [1.165, 1.54) is 0 Å². The third-order valence-electron chi connectivity index (χ3n) is 4.14. The zero-order chi connectivity index (χ0) is 15.8. The first-order valence-corrected chi connectivity index (χ1v) is 8.45. The van der Waals surface area contributed by atoms with E-state index in [-0.39, 0.29) is 17.8 Å². The zero-order valence-electron chi connectivity index (χ0n) is 13.6. The molecule has 0 bridgehead atoms. The molecule has 1 saturated heterocycles. The van der Waals surface area contributed by atoms with Gasteiger partial charge in [-0.15, -0.1) is 0 Å². The van der Waals surface area contributed by atoms with Crippen LogP contribution in [-0.4, -0.2) is 74.2 Å². The Morgan fingerprint density at radius 1 is 1.23 bits per heavy atom. The summed E-state index contributed by atoms with van der Waals surface area (Å²) in [5, 5.41) is 0. The Labute approximate surface area is 132 Å². The lowest BCUT2D eigenvalue weighted by molar-refractivity contribution is -0.144. The summed E-state index contributed by atoms with van der Waals surface area (Å²) in [6.45, 7) is 7.93. The molecule has 1 amide bonds. The van der Waals surface area contributed by atoms with Gasteiger partial charge in [0.25, 0.3) is 0 Å². The van der Waals surface area contributed by atoms with Crippen LogP contribution >= 0.6 is 0 Å². The Morgan fingerprint density at radius 2 is 1.95 bits per heavy atom. The van der Waals surface area contributed by atoms with Gasteiger partial charge in [0.15, 0.2) is 0 Å². The van der Waals surface area contributed by atoms with E-state index in [9.17, 15) is 9.59 Å². The van der Waals surface area contributed by atoms with Crippen LogP contribution in [0.25, 0.3) is 0 Å². The minimum Gasteiger partial charge on any atom is -0.466 e. The first-order chi connectivity index (χ1) is 10.7. The number of nitrogens with zero attached hydrogens (tertiary/aromatic N) is 2. The molecule has 0 spiro atoms. The molecule has 0 unspecified atom stereocenters. The Kier molecular flexibility index (Phi) is 7.12. The van der Waals surface area contributed by atoms with Gasteiger partial charge in [-0.25, -0.2) is 0 Å². The number of hydrogen-bond acceptors (Lipinski definition) is 5. The van der Waals surface area contributed by atoms with Crippen molar-refractivity contribution in [3.8, 4) is 0 Å². The van der Waals surface area contributed by atoms with Crippen LogP contribution < -0.4 is 0 Å². The predicted molar refractivity (Wildman–Crippen MR) is 82.4 cm³/mol. The fourth-order valence-corrected chi connectivity index (χ4v) is 2.69. The maximum absolute atomic E-state index is 12.3. The van der Waals surface area contributed by atoms with Crippen LogP contribution in [0, 0.1) is 5.92 Å². The number of carbonyl (C=O) groups excluding carboxylic acids is 2. The highest BCUT2D eigenvalue weighted by Crippen LogP contribution is 2.31. The van der Waals surface area contributed by atoms with Gasteiger partial charge in [0.05, 0.1) is 26.2 Å². The average molecular weight is 312 g/mol. The number of morpholine rings is 1. The van der Waals surface area contributed by atoms with E-state index in [2.05, 4.69) is 4.90 Å². The second kappa shape index (κ2) is 9.10. The fourth-order valence-electron chi connectivity index (χ4n) is 2.69.